The van der Waals surface area contributed by atoms with Gasteiger partial charge in [0.05, 0.1) is 0 Å². The number of aliphatic hydroxyl groups excluding tert-OH is 1. The molecule has 0 saturated carbocycles. The molecular weight excluding hydrogens is 126 g/mol. The molecule has 0 radical (unpaired) electrons. The number of halogens is 2. The number of aliphatic hydroxyl groups is 1. The lowest BCUT2D eigenvalue weighted by Gasteiger charge is -1.96. The van der Waals surface area contributed by atoms with Gasteiger partial charge in [-0.3, -0.25) is 0 Å². The SMILES string of the molecule is OCCCCCC(F)F. The van der Waals surface area contributed by atoms with Crippen LogP contribution in [0.25, 0.3) is 0 Å². The fourth-order valence-electron chi connectivity index (χ4n) is 0.587. The molecule has 0 rings (SSSR count). The van der Waals surface area contributed by atoms with Crippen LogP contribution in [-0.2, 0) is 0 Å². The molecule has 0 fully saturated rings. The Morgan fingerprint density at radius 2 is 1.78 bits per heavy atom. The van der Waals surface area contributed by atoms with Gasteiger partial charge in [0.15, 0.2) is 0 Å². The van der Waals surface area contributed by atoms with Crippen molar-refractivity contribution >= 4 is 0 Å². The first-order valence-corrected chi connectivity index (χ1v) is 3.16. The zero-order valence-electron chi connectivity index (χ0n) is 5.32. The highest BCUT2D eigenvalue weighted by atomic mass is 19.3. The van der Waals surface area contributed by atoms with Gasteiger partial charge in [-0.2, -0.15) is 0 Å². The lowest BCUT2D eigenvalue weighted by Crippen LogP contribution is -1.90. The highest BCUT2D eigenvalue weighted by Crippen LogP contribution is 2.06. The fraction of sp³-hybridized carbons (Fsp3) is 1.00. The van der Waals surface area contributed by atoms with Crippen molar-refractivity contribution in [2.45, 2.75) is 32.1 Å². The normalized spacial score (nSPS) is 10.7. The molecule has 0 heterocycles. The fourth-order valence-corrected chi connectivity index (χ4v) is 0.587. The maximum absolute atomic E-state index is 11.4. The largest absolute Gasteiger partial charge is 0.396 e. The van der Waals surface area contributed by atoms with Gasteiger partial charge in [0.25, 0.3) is 0 Å². The molecule has 0 aromatic heterocycles. The van der Waals surface area contributed by atoms with Gasteiger partial charge in [0.1, 0.15) is 0 Å². The first-order chi connectivity index (χ1) is 4.27. The van der Waals surface area contributed by atoms with Crippen molar-refractivity contribution in [3.63, 3.8) is 0 Å². The molecule has 1 nitrogen and oxygen atoms in total. The molecule has 0 aliphatic carbocycles. The van der Waals surface area contributed by atoms with Crippen molar-refractivity contribution in [2.24, 2.45) is 0 Å². The van der Waals surface area contributed by atoms with Gasteiger partial charge in [-0.25, -0.2) is 8.78 Å². The number of alkyl halides is 2. The van der Waals surface area contributed by atoms with Crippen molar-refractivity contribution in [2.75, 3.05) is 6.61 Å². The van der Waals surface area contributed by atoms with E-state index in [4.69, 9.17) is 5.11 Å². The Morgan fingerprint density at radius 3 is 2.22 bits per heavy atom. The summed E-state index contributed by atoms with van der Waals surface area (Å²) >= 11 is 0. The summed E-state index contributed by atoms with van der Waals surface area (Å²) in [4.78, 5) is 0. The van der Waals surface area contributed by atoms with Crippen LogP contribution in [0.4, 0.5) is 8.78 Å². The third kappa shape index (κ3) is 7.82. The van der Waals surface area contributed by atoms with E-state index in [1.54, 1.807) is 0 Å². The standard InChI is InChI=1S/C6H12F2O/c7-6(8)4-2-1-3-5-9/h6,9H,1-5H2. The Kier molecular flexibility index (Phi) is 5.83. The molecule has 1 N–H and O–H groups in total. The van der Waals surface area contributed by atoms with Crippen molar-refractivity contribution in [1.82, 2.24) is 0 Å². The predicted octanol–water partition coefficient (Wildman–Crippen LogP) is 1.80. The number of unbranched alkanes of at least 4 members (excludes halogenated alkanes) is 2. The second-order valence-corrected chi connectivity index (χ2v) is 1.96. The number of rotatable bonds is 5. The summed E-state index contributed by atoms with van der Waals surface area (Å²) in [5.74, 6) is 0. The van der Waals surface area contributed by atoms with E-state index < -0.39 is 6.43 Å². The van der Waals surface area contributed by atoms with E-state index in [0.29, 0.717) is 19.3 Å². The maximum Gasteiger partial charge on any atom is 0.238 e. The van der Waals surface area contributed by atoms with E-state index in [-0.39, 0.29) is 13.0 Å². The van der Waals surface area contributed by atoms with Gasteiger partial charge in [-0.05, 0) is 12.8 Å². The maximum atomic E-state index is 11.4. The van der Waals surface area contributed by atoms with Gasteiger partial charge < -0.3 is 5.11 Å². The molecule has 0 unspecified atom stereocenters. The molecular formula is C6H12F2O. The molecule has 9 heavy (non-hydrogen) atoms. The average Bonchev–Trinajstić information content (AvgIpc) is 1.80. The molecule has 56 valence electrons. The van der Waals surface area contributed by atoms with E-state index in [9.17, 15) is 8.78 Å². The van der Waals surface area contributed by atoms with Gasteiger partial charge in [-0.1, -0.05) is 6.42 Å². The molecule has 0 aliphatic heterocycles. The van der Waals surface area contributed by atoms with Crippen LogP contribution >= 0.6 is 0 Å². The lowest BCUT2D eigenvalue weighted by atomic mass is 10.2. The van der Waals surface area contributed by atoms with Gasteiger partial charge in [-0.15, -0.1) is 0 Å². The minimum atomic E-state index is -2.18. The Hall–Kier alpha value is -0.180. The van der Waals surface area contributed by atoms with Crippen molar-refractivity contribution in [3.05, 3.63) is 0 Å². The topological polar surface area (TPSA) is 20.2 Å². The molecule has 0 aliphatic rings. The summed E-state index contributed by atoms with van der Waals surface area (Å²) in [6, 6.07) is 0. The quantitative estimate of drug-likeness (QED) is 0.574. The Morgan fingerprint density at radius 1 is 1.11 bits per heavy atom. The molecule has 0 spiro atoms. The molecule has 0 amide bonds. The zero-order chi connectivity index (χ0) is 7.11. The van der Waals surface area contributed by atoms with Crippen LogP contribution in [0.1, 0.15) is 25.7 Å². The third-order valence-electron chi connectivity index (χ3n) is 1.08. The summed E-state index contributed by atoms with van der Waals surface area (Å²) in [5, 5.41) is 8.24. The second kappa shape index (κ2) is 5.95. The van der Waals surface area contributed by atoms with Crippen molar-refractivity contribution in [1.29, 1.82) is 0 Å². The molecule has 0 atom stereocenters. The van der Waals surface area contributed by atoms with Crippen LogP contribution in [0.2, 0.25) is 0 Å². The first-order valence-electron chi connectivity index (χ1n) is 3.16. The van der Waals surface area contributed by atoms with Gasteiger partial charge in [0, 0.05) is 13.0 Å². The second-order valence-electron chi connectivity index (χ2n) is 1.96. The van der Waals surface area contributed by atoms with Crippen LogP contribution < -0.4 is 0 Å². The van der Waals surface area contributed by atoms with E-state index >= 15 is 0 Å². The summed E-state index contributed by atoms with van der Waals surface area (Å²) in [5.41, 5.74) is 0. The van der Waals surface area contributed by atoms with Crippen LogP contribution in [0, 0.1) is 0 Å². The Labute approximate surface area is 53.7 Å². The molecule has 0 bridgehead atoms. The lowest BCUT2D eigenvalue weighted by molar-refractivity contribution is 0.132. The summed E-state index contributed by atoms with van der Waals surface area (Å²) in [7, 11) is 0. The Bertz CT molecular complexity index is 57.0. The smallest absolute Gasteiger partial charge is 0.238 e. The molecule has 0 aromatic rings. The minimum Gasteiger partial charge on any atom is -0.396 e. The third-order valence-corrected chi connectivity index (χ3v) is 1.08. The number of hydrogen-bond acceptors (Lipinski definition) is 1. The highest BCUT2D eigenvalue weighted by molar-refractivity contribution is 4.43. The van der Waals surface area contributed by atoms with E-state index in [2.05, 4.69) is 0 Å². The van der Waals surface area contributed by atoms with Crippen LogP contribution in [0.5, 0.6) is 0 Å². The van der Waals surface area contributed by atoms with E-state index in [1.165, 1.54) is 0 Å². The average molecular weight is 138 g/mol. The van der Waals surface area contributed by atoms with Gasteiger partial charge in [0.2, 0.25) is 6.43 Å². The summed E-state index contributed by atoms with van der Waals surface area (Å²) in [6.45, 7) is 0.114. The Balaban J connectivity index is 2.75. The zero-order valence-corrected chi connectivity index (χ0v) is 5.32. The van der Waals surface area contributed by atoms with E-state index in [0.717, 1.165) is 0 Å². The monoisotopic (exact) mass is 138 g/mol. The summed E-state index contributed by atoms with van der Waals surface area (Å²) in [6.07, 6.45) is -0.324. The molecule has 0 saturated heterocycles. The van der Waals surface area contributed by atoms with Crippen molar-refractivity contribution in [3.8, 4) is 0 Å². The van der Waals surface area contributed by atoms with Crippen LogP contribution in [0.3, 0.4) is 0 Å². The van der Waals surface area contributed by atoms with Crippen LogP contribution in [0.15, 0.2) is 0 Å². The van der Waals surface area contributed by atoms with Gasteiger partial charge >= 0.3 is 0 Å². The first kappa shape index (κ1) is 8.82. The minimum absolute atomic E-state index is 0.0278. The van der Waals surface area contributed by atoms with E-state index in [1.807, 2.05) is 0 Å². The predicted molar refractivity (Wildman–Crippen MR) is 31.6 cm³/mol. The molecule has 0 aromatic carbocycles. The van der Waals surface area contributed by atoms with Crippen molar-refractivity contribution < 1.29 is 13.9 Å². The highest BCUT2D eigenvalue weighted by Gasteiger charge is 1.99. The summed E-state index contributed by atoms with van der Waals surface area (Å²) < 4.78 is 22.8. The molecule has 3 heteroatoms. The van der Waals surface area contributed by atoms with Crippen LogP contribution in [-0.4, -0.2) is 18.1 Å². The number of hydrogen-bond donors (Lipinski definition) is 1.